The van der Waals surface area contributed by atoms with Crippen molar-refractivity contribution in [2.75, 3.05) is 26.7 Å². The largest absolute Gasteiger partial charge is 0.345 e. The Labute approximate surface area is 129 Å². The minimum atomic E-state index is -0.396. The molecule has 2 amide bonds. The third-order valence-corrected chi connectivity index (χ3v) is 5.20. The van der Waals surface area contributed by atoms with Crippen LogP contribution in [-0.2, 0) is 16.0 Å². The average Bonchev–Trinajstić information content (AvgIpc) is 2.98. The molecule has 2 fully saturated rings. The van der Waals surface area contributed by atoms with Crippen LogP contribution in [0.15, 0.2) is 24.3 Å². The molecule has 0 N–H and O–H groups in total. The van der Waals surface area contributed by atoms with Crippen molar-refractivity contribution in [2.45, 2.75) is 19.8 Å². The number of nitrogens with zero attached hydrogens (tertiary/aromatic N) is 2. The van der Waals surface area contributed by atoms with Crippen LogP contribution in [0.25, 0.3) is 0 Å². The highest BCUT2D eigenvalue weighted by molar-refractivity contribution is 5.87. The van der Waals surface area contributed by atoms with E-state index in [1.54, 1.807) is 21.9 Å². The van der Waals surface area contributed by atoms with Crippen molar-refractivity contribution in [1.82, 2.24) is 9.80 Å². The van der Waals surface area contributed by atoms with Gasteiger partial charge in [-0.2, -0.15) is 0 Å². The van der Waals surface area contributed by atoms with Crippen molar-refractivity contribution in [3.05, 3.63) is 35.6 Å². The molecule has 2 heterocycles. The maximum Gasteiger partial charge on any atom is 0.230 e. The number of carbonyl (C=O) groups is 2. The van der Waals surface area contributed by atoms with Crippen molar-refractivity contribution >= 4 is 11.8 Å². The SMILES string of the molecule is C[C@@H]1CN(C(=O)Cc2ccc(F)cc2)C[C@]12CCN(C)C2=O. The Kier molecular flexibility index (Phi) is 3.67. The predicted molar refractivity (Wildman–Crippen MR) is 80.5 cm³/mol. The quantitative estimate of drug-likeness (QED) is 0.834. The molecule has 0 bridgehead atoms. The van der Waals surface area contributed by atoms with Crippen molar-refractivity contribution in [3.8, 4) is 0 Å². The molecule has 0 saturated carbocycles. The summed E-state index contributed by atoms with van der Waals surface area (Å²) in [5, 5.41) is 0. The first-order valence-corrected chi connectivity index (χ1v) is 7.70. The minimum Gasteiger partial charge on any atom is -0.345 e. The normalized spacial score (nSPS) is 28.0. The number of benzene rings is 1. The second-order valence-electron chi connectivity index (χ2n) is 6.61. The first kappa shape index (κ1) is 15.0. The number of halogens is 1. The average molecular weight is 304 g/mol. The van der Waals surface area contributed by atoms with Gasteiger partial charge < -0.3 is 9.80 Å². The van der Waals surface area contributed by atoms with Gasteiger partial charge in [0.2, 0.25) is 11.8 Å². The lowest BCUT2D eigenvalue weighted by atomic mass is 9.78. The Morgan fingerprint density at radius 2 is 2.05 bits per heavy atom. The molecule has 5 heteroatoms. The van der Waals surface area contributed by atoms with Crippen molar-refractivity contribution in [3.63, 3.8) is 0 Å². The lowest BCUT2D eigenvalue weighted by Crippen LogP contribution is -2.39. The predicted octanol–water partition coefficient (Wildman–Crippen LogP) is 1.70. The van der Waals surface area contributed by atoms with Gasteiger partial charge in [0.05, 0.1) is 11.8 Å². The van der Waals surface area contributed by atoms with E-state index in [-0.39, 0.29) is 30.0 Å². The molecular formula is C17H21FN2O2. The van der Waals surface area contributed by atoms with Crippen LogP contribution < -0.4 is 0 Å². The molecule has 0 aliphatic carbocycles. The number of amides is 2. The van der Waals surface area contributed by atoms with Crippen LogP contribution in [0.5, 0.6) is 0 Å². The van der Waals surface area contributed by atoms with E-state index in [1.807, 2.05) is 7.05 Å². The van der Waals surface area contributed by atoms with Gasteiger partial charge in [0, 0.05) is 26.7 Å². The van der Waals surface area contributed by atoms with E-state index in [0.717, 1.165) is 18.5 Å². The van der Waals surface area contributed by atoms with E-state index in [4.69, 9.17) is 0 Å². The van der Waals surface area contributed by atoms with Gasteiger partial charge in [-0.15, -0.1) is 0 Å². The summed E-state index contributed by atoms with van der Waals surface area (Å²) < 4.78 is 12.9. The van der Waals surface area contributed by atoms with Gasteiger partial charge >= 0.3 is 0 Å². The van der Waals surface area contributed by atoms with Gasteiger partial charge in [0.15, 0.2) is 0 Å². The zero-order valence-corrected chi connectivity index (χ0v) is 13.0. The highest BCUT2D eigenvalue weighted by Gasteiger charge is 2.54. The molecule has 1 spiro atoms. The van der Waals surface area contributed by atoms with Crippen LogP contribution in [0.1, 0.15) is 18.9 Å². The van der Waals surface area contributed by atoms with Crippen molar-refractivity contribution in [1.29, 1.82) is 0 Å². The molecule has 0 radical (unpaired) electrons. The third-order valence-electron chi connectivity index (χ3n) is 5.20. The maximum atomic E-state index is 12.9. The molecule has 22 heavy (non-hydrogen) atoms. The van der Waals surface area contributed by atoms with E-state index in [2.05, 4.69) is 6.92 Å². The van der Waals surface area contributed by atoms with Gasteiger partial charge in [-0.3, -0.25) is 9.59 Å². The van der Waals surface area contributed by atoms with E-state index >= 15 is 0 Å². The molecule has 1 aromatic carbocycles. The topological polar surface area (TPSA) is 40.6 Å². The third kappa shape index (κ3) is 2.38. The molecule has 2 aliphatic rings. The zero-order valence-electron chi connectivity index (χ0n) is 13.0. The van der Waals surface area contributed by atoms with Gasteiger partial charge in [0.1, 0.15) is 5.82 Å². The number of carbonyl (C=O) groups excluding carboxylic acids is 2. The lowest BCUT2D eigenvalue weighted by Gasteiger charge is -2.25. The molecule has 4 nitrogen and oxygen atoms in total. The Hall–Kier alpha value is -1.91. The molecule has 0 aromatic heterocycles. The molecule has 118 valence electrons. The molecule has 1 aromatic rings. The fraction of sp³-hybridized carbons (Fsp3) is 0.529. The number of rotatable bonds is 2. The summed E-state index contributed by atoms with van der Waals surface area (Å²) in [5.41, 5.74) is 0.405. The molecule has 2 aliphatic heterocycles. The van der Waals surface area contributed by atoms with Crippen LogP contribution >= 0.6 is 0 Å². The minimum absolute atomic E-state index is 0.0117. The summed E-state index contributed by atoms with van der Waals surface area (Å²) in [4.78, 5) is 28.5. The van der Waals surface area contributed by atoms with Crippen LogP contribution in [-0.4, -0.2) is 48.3 Å². The summed E-state index contributed by atoms with van der Waals surface area (Å²) in [6.07, 6.45) is 1.08. The van der Waals surface area contributed by atoms with Gasteiger partial charge in [-0.1, -0.05) is 19.1 Å². The van der Waals surface area contributed by atoms with Gasteiger partial charge in [0.25, 0.3) is 0 Å². The number of hydrogen-bond acceptors (Lipinski definition) is 2. The Morgan fingerprint density at radius 1 is 1.36 bits per heavy atom. The summed E-state index contributed by atoms with van der Waals surface area (Å²) >= 11 is 0. The number of hydrogen-bond donors (Lipinski definition) is 0. The Morgan fingerprint density at radius 3 is 2.64 bits per heavy atom. The Bertz CT molecular complexity index is 601. The standard InChI is InChI=1S/C17H21FN2O2/c1-12-10-20(11-17(12)7-8-19(2)16(17)22)15(21)9-13-3-5-14(18)6-4-13/h3-6,12H,7-11H2,1-2H3/t12-,17-/m1/s1. The van der Waals surface area contributed by atoms with Crippen LogP contribution in [0, 0.1) is 17.2 Å². The first-order chi connectivity index (χ1) is 10.4. The van der Waals surface area contributed by atoms with Crippen LogP contribution in [0.2, 0.25) is 0 Å². The van der Waals surface area contributed by atoms with E-state index in [1.165, 1.54) is 12.1 Å². The second-order valence-corrected chi connectivity index (χ2v) is 6.61. The summed E-state index contributed by atoms with van der Waals surface area (Å²) in [6.45, 7) is 3.96. The summed E-state index contributed by atoms with van der Waals surface area (Å²) in [6, 6.07) is 6.01. The smallest absolute Gasteiger partial charge is 0.230 e. The van der Waals surface area contributed by atoms with Gasteiger partial charge in [-0.05, 0) is 30.0 Å². The molecule has 3 rings (SSSR count). The van der Waals surface area contributed by atoms with Crippen LogP contribution in [0.3, 0.4) is 0 Å². The first-order valence-electron chi connectivity index (χ1n) is 7.70. The van der Waals surface area contributed by atoms with Crippen LogP contribution in [0.4, 0.5) is 4.39 Å². The van der Waals surface area contributed by atoms with E-state index < -0.39 is 5.41 Å². The zero-order chi connectivity index (χ0) is 15.9. The fourth-order valence-electron chi connectivity index (χ4n) is 3.70. The fourth-order valence-corrected chi connectivity index (χ4v) is 3.70. The summed E-state index contributed by atoms with van der Waals surface area (Å²) in [7, 11) is 1.83. The molecule has 2 atom stereocenters. The highest BCUT2D eigenvalue weighted by atomic mass is 19.1. The summed E-state index contributed by atoms with van der Waals surface area (Å²) in [5.74, 6) is 0.0569. The Balaban J connectivity index is 1.70. The number of likely N-dealkylation sites (tertiary alicyclic amines) is 2. The van der Waals surface area contributed by atoms with Crippen molar-refractivity contribution in [2.24, 2.45) is 11.3 Å². The highest BCUT2D eigenvalue weighted by Crippen LogP contribution is 2.44. The van der Waals surface area contributed by atoms with E-state index in [9.17, 15) is 14.0 Å². The molecule has 2 saturated heterocycles. The van der Waals surface area contributed by atoms with Gasteiger partial charge in [-0.25, -0.2) is 4.39 Å². The molecule has 0 unspecified atom stereocenters. The van der Waals surface area contributed by atoms with Crippen molar-refractivity contribution < 1.29 is 14.0 Å². The lowest BCUT2D eigenvalue weighted by molar-refractivity contribution is -0.136. The monoisotopic (exact) mass is 304 g/mol. The molecular weight excluding hydrogens is 283 g/mol. The van der Waals surface area contributed by atoms with E-state index in [0.29, 0.717) is 13.1 Å². The maximum absolute atomic E-state index is 12.9. The second kappa shape index (κ2) is 5.38.